The number of nitrogens with zero attached hydrogens (tertiary/aromatic N) is 1. The number of thioether (sulfide) groups is 1. The van der Waals surface area contributed by atoms with Crippen molar-refractivity contribution in [2.75, 3.05) is 12.3 Å². The molecule has 0 bridgehead atoms. The van der Waals surface area contributed by atoms with E-state index in [9.17, 15) is 23.3 Å². The minimum atomic E-state index is -4.25. The fourth-order valence-electron chi connectivity index (χ4n) is 1.57. The Balaban J connectivity index is 2.54. The first kappa shape index (κ1) is 15.8. The number of hydrogen-bond acceptors (Lipinski definition) is 4. The summed E-state index contributed by atoms with van der Waals surface area (Å²) in [6, 6.07) is 5.79. The van der Waals surface area contributed by atoms with Crippen LogP contribution in [-0.2, 0) is 0 Å². The van der Waals surface area contributed by atoms with Crippen molar-refractivity contribution in [2.24, 2.45) is 0 Å². The van der Waals surface area contributed by atoms with E-state index in [1.165, 1.54) is 6.07 Å². The second-order valence-corrected chi connectivity index (χ2v) is 4.95. The monoisotopic (exact) mass is 294 g/mol. The number of nitro groups is 1. The fraction of sp³-hybridized carbons (Fsp3) is 0.455. The van der Waals surface area contributed by atoms with Crippen LogP contribution in [0.1, 0.15) is 18.5 Å². The van der Waals surface area contributed by atoms with E-state index in [1.54, 1.807) is 25.1 Å². The number of rotatable bonds is 6. The number of halogens is 3. The van der Waals surface area contributed by atoms with E-state index in [4.69, 9.17) is 0 Å². The Morgan fingerprint density at radius 3 is 2.63 bits per heavy atom. The van der Waals surface area contributed by atoms with Crippen molar-refractivity contribution in [1.82, 2.24) is 5.32 Å². The second-order valence-electron chi connectivity index (χ2n) is 3.79. The molecule has 106 valence electrons. The molecule has 0 aliphatic carbocycles. The first-order chi connectivity index (χ1) is 8.81. The van der Waals surface area contributed by atoms with Crippen molar-refractivity contribution in [3.05, 3.63) is 39.9 Å². The van der Waals surface area contributed by atoms with Crippen molar-refractivity contribution in [2.45, 2.75) is 18.5 Å². The van der Waals surface area contributed by atoms with Crippen molar-refractivity contribution in [3.63, 3.8) is 0 Å². The summed E-state index contributed by atoms with van der Waals surface area (Å²) in [5.74, 6) is -0.130. The van der Waals surface area contributed by atoms with Crippen LogP contribution in [-0.4, -0.2) is 22.7 Å². The third-order valence-electron chi connectivity index (χ3n) is 2.42. The summed E-state index contributed by atoms with van der Waals surface area (Å²) in [6.07, 6.45) is 0. The fourth-order valence-corrected chi connectivity index (χ4v) is 2.02. The van der Waals surface area contributed by atoms with Crippen molar-refractivity contribution in [3.8, 4) is 0 Å². The van der Waals surface area contributed by atoms with E-state index in [1.807, 2.05) is 0 Å². The van der Waals surface area contributed by atoms with Crippen LogP contribution in [0.15, 0.2) is 24.3 Å². The lowest BCUT2D eigenvalue weighted by Gasteiger charge is -2.14. The summed E-state index contributed by atoms with van der Waals surface area (Å²) in [7, 11) is 0. The standard InChI is InChI=1S/C11H13F3N2O2S/c1-8(15-6-7-19-11(12,13)14)9-4-2-3-5-10(9)16(17)18/h2-5,8,15H,6-7H2,1H3. The van der Waals surface area contributed by atoms with Crippen LogP contribution in [0, 0.1) is 10.1 Å². The SMILES string of the molecule is CC(NCCSC(F)(F)F)c1ccccc1[N+](=O)[O-]. The Bertz CT molecular complexity index is 440. The Morgan fingerprint density at radius 2 is 2.05 bits per heavy atom. The molecule has 1 aromatic carbocycles. The zero-order chi connectivity index (χ0) is 14.5. The molecular formula is C11H13F3N2O2S. The molecule has 1 rings (SSSR count). The lowest BCUT2D eigenvalue weighted by atomic mass is 10.1. The highest BCUT2D eigenvalue weighted by molar-refractivity contribution is 8.00. The van der Waals surface area contributed by atoms with Crippen molar-refractivity contribution >= 4 is 17.4 Å². The Kier molecular flexibility index (Phi) is 5.61. The molecule has 0 heterocycles. The predicted molar refractivity (Wildman–Crippen MR) is 68.0 cm³/mol. The molecule has 8 heteroatoms. The predicted octanol–water partition coefficient (Wildman–Crippen LogP) is 3.50. The number of alkyl halides is 3. The molecule has 0 radical (unpaired) electrons. The molecule has 4 nitrogen and oxygen atoms in total. The van der Waals surface area contributed by atoms with Crippen molar-refractivity contribution < 1.29 is 18.1 Å². The molecule has 0 saturated heterocycles. The maximum absolute atomic E-state index is 11.9. The molecule has 1 unspecified atom stereocenters. The van der Waals surface area contributed by atoms with Gasteiger partial charge >= 0.3 is 5.51 Å². The largest absolute Gasteiger partial charge is 0.441 e. The molecule has 0 aliphatic rings. The summed E-state index contributed by atoms with van der Waals surface area (Å²) < 4.78 is 35.8. The molecule has 0 aliphatic heterocycles. The first-order valence-corrected chi connectivity index (χ1v) is 6.47. The molecule has 0 amide bonds. The number of hydrogen-bond donors (Lipinski definition) is 1. The van der Waals surface area contributed by atoms with Crippen LogP contribution in [0.3, 0.4) is 0 Å². The highest BCUT2D eigenvalue weighted by Crippen LogP contribution is 2.30. The molecule has 0 fully saturated rings. The maximum Gasteiger partial charge on any atom is 0.441 e. The average molecular weight is 294 g/mol. The second kappa shape index (κ2) is 6.76. The highest BCUT2D eigenvalue weighted by Gasteiger charge is 2.27. The van der Waals surface area contributed by atoms with Gasteiger partial charge in [-0.05, 0) is 18.7 Å². The molecule has 0 saturated carbocycles. The van der Waals surface area contributed by atoms with Crippen LogP contribution in [0.25, 0.3) is 0 Å². The lowest BCUT2D eigenvalue weighted by Crippen LogP contribution is -2.23. The molecule has 19 heavy (non-hydrogen) atoms. The summed E-state index contributed by atoms with van der Waals surface area (Å²) >= 11 is -0.115. The Hall–Kier alpha value is -1.28. The number of nitrogens with one attached hydrogen (secondary N) is 1. The number of nitro benzene ring substituents is 1. The third-order valence-corrected chi connectivity index (χ3v) is 3.15. The average Bonchev–Trinajstić information content (AvgIpc) is 2.33. The van der Waals surface area contributed by atoms with E-state index in [0.29, 0.717) is 5.56 Å². The van der Waals surface area contributed by atoms with E-state index >= 15 is 0 Å². The van der Waals surface area contributed by atoms with E-state index in [-0.39, 0.29) is 35.8 Å². The number of para-hydroxylation sites is 1. The summed E-state index contributed by atoms with van der Waals surface area (Å²) in [4.78, 5) is 10.3. The summed E-state index contributed by atoms with van der Waals surface area (Å²) in [5.41, 5.74) is -3.82. The molecule has 0 aromatic heterocycles. The smallest absolute Gasteiger partial charge is 0.309 e. The van der Waals surface area contributed by atoms with Gasteiger partial charge < -0.3 is 5.32 Å². The molecule has 0 spiro atoms. The Labute approximate surface area is 112 Å². The maximum atomic E-state index is 11.9. The minimum Gasteiger partial charge on any atom is -0.309 e. The van der Waals surface area contributed by atoms with E-state index in [0.717, 1.165) is 0 Å². The van der Waals surface area contributed by atoms with Gasteiger partial charge in [0.2, 0.25) is 0 Å². The normalized spacial score (nSPS) is 13.3. The van der Waals surface area contributed by atoms with Crippen LogP contribution in [0.2, 0.25) is 0 Å². The van der Waals surface area contributed by atoms with Crippen LogP contribution in [0.4, 0.5) is 18.9 Å². The van der Waals surface area contributed by atoms with Crippen LogP contribution < -0.4 is 5.32 Å². The summed E-state index contributed by atoms with van der Waals surface area (Å²) in [5, 5.41) is 13.7. The minimum absolute atomic E-state index is 0.0361. The van der Waals surface area contributed by atoms with Crippen molar-refractivity contribution in [1.29, 1.82) is 0 Å². The van der Waals surface area contributed by atoms with Gasteiger partial charge in [-0.1, -0.05) is 18.2 Å². The molecule has 1 N–H and O–H groups in total. The summed E-state index contributed by atoms with van der Waals surface area (Å²) in [6.45, 7) is 1.80. The van der Waals surface area contributed by atoms with Gasteiger partial charge in [0.15, 0.2) is 0 Å². The highest BCUT2D eigenvalue weighted by atomic mass is 32.2. The van der Waals surface area contributed by atoms with Gasteiger partial charge in [0, 0.05) is 30.0 Å². The quantitative estimate of drug-likeness (QED) is 0.495. The van der Waals surface area contributed by atoms with Gasteiger partial charge in [-0.3, -0.25) is 10.1 Å². The van der Waals surface area contributed by atoms with Gasteiger partial charge in [-0.25, -0.2) is 0 Å². The van der Waals surface area contributed by atoms with Gasteiger partial charge in [-0.2, -0.15) is 13.2 Å². The van der Waals surface area contributed by atoms with Gasteiger partial charge in [0.1, 0.15) is 0 Å². The first-order valence-electron chi connectivity index (χ1n) is 5.48. The third kappa shape index (κ3) is 5.48. The van der Waals surface area contributed by atoms with Gasteiger partial charge in [0.05, 0.1) is 4.92 Å². The van der Waals surface area contributed by atoms with Crippen LogP contribution in [0.5, 0.6) is 0 Å². The number of benzene rings is 1. The molecule has 1 aromatic rings. The topological polar surface area (TPSA) is 55.2 Å². The Morgan fingerprint density at radius 1 is 1.42 bits per heavy atom. The molecule has 1 atom stereocenters. The zero-order valence-electron chi connectivity index (χ0n) is 10.1. The van der Waals surface area contributed by atoms with Crippen LogP contribution >= 0.6 is 11.8 Å². The van der Waals surface area contributed by atoms with E-state index < -0.39 is 10.4 Å². The lowest BCUT2D eigenvalue weighted by molar-refractivity contribution is -0.385. The molecular weight excluding hydrogens is 281 g/mol. The van der Waals surface area contributed by atoms with E-state index in [2.05, 4.69) is 5.32 Å². The zero-order valence-corrected chi connectivity index (χ0v) is 10.9. The van der Waals surface area contributed by atoms with Gasteiger partial charge in [-0.15, -0.1) is 0 Å². The van der Waals surface area contributed by atoms with Gasteiger partial charge in [0.25, 0.3) is 5.69 Å².